The molecule has 1 aliphatic heterocycles. The molecule has 0 bridgehead atoms. The summed E-state index contributed by atoms with van der Waals surface area (Å²) in [5, 5.41) is 12.0. The van der Waals surface area contributed by atoms with Gasteiger partial charge >= 0.3 is 0 Å². The quantitative estimate of drug-likeness (QED) is 0.665. The molecule has 0 spiro atoms. The number of amides is 1. The van der Waals surface area contributed by atoms with Crippen LogP contribution in [0.25, 0.3) is 0 Å². The molecule has 5 nitrogen and oxygen atoms in total. The minimum absolute atomic E-state index is 0.141. The summed E-state index contributed by atoms with van der Waals surface area (Å²) in [5.74, 6) is 0.880. The molecule has 2 N–H and O–H groups in total. The molecule has 0 aromatic carbocycles. The lowest BCUT2D eigenvalue weighted by molar-refractivity contribution is -0.123. The normalized spacial score (nSPS) is 18.9. The molecule has 1 aliphatic rings. The number of carbonyl (C=O) groups is 1. The van der Waals surface area contributed by atoms with Gasteiger partial charge in [0.25, 0.3) is 0 Å². The average Bonchev–Trinajstić information content (AvgIpc) is 2.40. The first-order valence-corrected chi connectivity index (χ1v) is 8.36. The van der Waals surface area contributed by atoms with Crippen LogP contribution in [0.15, 0.2) is 0 Å². The summed E-state index contributed by atoms with van der Waals surface area (Å²) in [5.41, 5.74) is 0. The third-order valence-corrected chi connectivity index (χ3v) is 4.07. The molecule has 5 heteroatoms. The van der Waals surface area contributed by atoms with E-state index in [1.54, 1.807) is 0 Å². The van der Waals surface area contributed by atoms with Crippen LogP contribution >= 0.6 is 0 Å². The van der Waals surface area contributed by atoms with Gasteiger partial charge in [-0.25, -0.2) is 0 Å². The number of piperazine rings is 1. The molecule has 1 rings (SSSR count). The average molecular weight is 299 g/mol. The lowest BCUT2D eigenvalue weighted by Crippen LogP contribution is -2.50. The van der Waals surface area contributed by atoms with E-state index in [4.69, 9.17) is 5.11 Å². The number of carbonyl (C=O) groups excluding carboxylic acids is 1. The Bertz CT molecular complexity index is 289. The van der Waals surface area contributed by atoms with Crippen LogP contribution in [0.4, 0.5) is 0 Å². The van der Waals surface area contributed by atoms with E-state index < -0.39 is 0 Å². The van der Waals surface area contributed by atoms with Gasteiger partial charge in [0, 0.05) is 38.8 Å². The fraction of sp³-hybridized carbons (Fsp3) is 0.938. The topological polar surface area (TPSA) is 55.8 Å². The molecule has 1 fully saturated rings. The fourth-order valence-corrected chi connectivity index (χ4v) is 2.74. The summed E-state index contributed by atoms with van der Waals surface area (Å²) >= 11 is 0. The highest BCUT2D eigenvalue weighted by Gasteiger charge is 2.19. The van der Waals surface area contributed by atoms with Crippen LogP contribution in [-0.2, 0) is 4.79 Å². The Hall–Kier alpha value is -0.650. The van der Waals surface area contributed by atoms with Crippen LogP contribution in [0.3, 0.4) is 0 Å². The molecule has 124 valence electrons. The summed E-state index contributed by atoms with van der Waals surface area (Å²) in [7, 11) is 0. The van der Waals surface area contributed by atoms with E-state index in [9.17, 15) is 4.79 Å². The van der Waals surface area contributed by atoms with Gasteiger partial charge in [-0.05, 0) is 19.3 Å². The van der Waals surface area contributed by atoms with Crippen LogP contribution < -0.4 is 5.32 Å². The van der Waals surface area contributed by atoms with Crippen molar-refractivity contribution in [3.05, 3.63) is 0 Å². The van der Waals surface area contributed by atoms with Gasteiger partial charge in [0.2, 0.25) is 5.91 Å². The molecule has 0 aromatic heterocycles. The van der Waals surface area contributed by atoms with Gasteiger partial charge in [-0.3, -0.25) is 14.6 Å². The molecule has 1 saturated heterocycles. The predicted octanol–water partition coefficient (Wildman–Crippen LogP) is 0.927. The summed E-state index contributed by atoms with van der Waals surface area (Å²) in [4.78, 5) is 16.5. The Kier molecular flexibility index (Phi) is 8.88. The maximum absolute atomic E-state index is 12.0. The van der Waals surface area contributed by atoms with Crippen molar-refractivity contribution in [2.75, 3.05) is 45.9 Å². The lowest BCUT2D eigenvalue weighted by atomic mass is 10.0. The number of hydrogen-bond donors (Lipinski definition) is 2. The van der Waals surface area contributed by atoms with Crippen molar-refractivity contribution in [3.8, 4) is 0 Å². The lowest BCUT2D eigenvalue weighted by Gasteiger charge is -2.34. The number of rotatable bonds is 9. The van der Waals surface area contributed by atoms with E-state index in [0.717, 1.165) is 45.1 Å². The predicted molar refractivity (Wildman–Crippen MR) is 86.3 cm³/mol. The first-order valence-electron chi connectivity index (χ1n) is 8.36. The zero-order chi connectivity index (χ0) is 15.7. The van der Waals surface area contributed by atoms with Gasteiger partial charge in [-0.1, -0.05) is 26.7 Å². The molecule has 21 heavy (non-hydrogen) atoms. The third-order valence-electron chi connectivity index (χ3n) is 4.07. The standard InChI is InChI=1S/C16H33N3O2/c1-14(2)5-4-6-15(3)17-16(21)13-19-9-7-18(8-10-19)11-12-20/h14-15,20H,4-13H2,1-3H3,(H,17,21). The van der Waals surface area contributed by atoms with Crippen LogP contribution in [0.2, 0.25) is 0 Å². The molecule has 0 aromatic rings. The maximum Gasteiger partial charge on any atom is 0.234 e. The van der Waals surface area contributed by atoms with Crippen LogP contribution in [0.5, 0.6) is 0 Å². The van der Waals surface area contributed by atoms with Gasteiger partial charge in [0.15, 0.2) is 0 Å². The highest BCUT2D eigenvalue weighted by atomic mass is 16.3. The Labute approximate surface area is 129 Å². The fourth-order valence-electron chi connectivity index (χ4n) is 2.74. The second-order valence-electron chi connectivity index (χ2n) is 6.63. The van der Waals surface area contributed by atoms with Crippen LogP contribution in [-0.4, -0.2) is 72.7 Å². The SMILES string of the molecule is CC(C)CCCC(C)NC(=O)CN1CCN(CCO)CC1. The van der Waals surface area contributed by atoms with Gasteiger partial charge in [-0.2, -0.15) is 0 Å². The number of nitrogens with one attached hydrogen (secondary N) is 1. The largest absolute Gasteiger partial charge is 0.395 e. The summed E-state index contributed by atoms with van der Waals surface area (Å²) in [6.45, 7) is 11.7. The molecular weight excluding hydrogens is 266 g/mol. The Morgan fingerprint density at radius 2 is 1.71 bits per heavy atom. The molecule has 1 heterocycles. The number of aliphatic hydroxyl groups is 1. The smallest absolute Gasteiger partial charge is 0.234 e. The van der Waals surface area contributed by atoms with Gasteiger partial charge in [0.05, 0.1) is 13.2 Å². The third kappa shape index (κ3) is 8.39. The van der Waals surface area contributed by atoms with E-state index in [1.807, 2.05) is 0 Å². The highest BCUT2D eigenvalue weighted by Crippen LogP contribution is 2.08. The van der Waals surface area contributed by atoms with Crippen molar-refractivity contribution in [2.24, 2.45) is 5.92 Å². The molecule has 0 aliphatic carbocycles. The molecule has 1 amide bonds. The van der Waals surface area contributed by atoms with Crippen molar-refractivity contribution in [1.82, 2.24) is 15.1 Å². The maximum atomic E-state index is 12.0. The van der Waals surface area contributed by atoms with Crippen molar-refractivity contribution in [2.45, 2.75) is 46.1 Å². The van der Waals surface area contributed by atoms with Crippen LogP contribution in [0.1, 0.15) is 40.0 Å². The number of aliphatic hydroxyl groups excluding tert-OH is 1. The number of β-amino-alcohol motifs (C(OH)–C–C–N with tert-alkyl or cyclic N) is 1. The van der Waals surface area contributed by atoms with Crippen molar-refractivity contribution in [1.29, 1.82) is 0 Å². The van der Waals surface area contributed by atoms with E-state index >= 15 is 0 Å². The van der Waals surface area contributed by atoms with Crippen molar-refractivity contribution < 1.29 is 9.90 Å². The van der Waals surface area contributed by atoms with Gasteiger partial charge in [-0.15, -0.1) is 0 Å². The summed E-state index contributed by atoms with van der Waals surface area (Å²) in [6.07, 6.45) is 3.47. The van der Waals surface area contributed by atoms with E-state index in [2.05, 4.69) is 35.9 Å². The monoisotopic (exact) mass is 299 g/mol. The first kappa shape index (κ1) is 18.4. The van der Waals surface area contributed by atoms with Crippen LogP contribution in [0, 0.1) is 5.92 Å². The van der Waals surface area contributed by atoms with Crippen molar-refractivity contribution in [3.63, 3.8) is 0 Å². The van der Waals surface area contributed by atoms with Gasteiger partial charge < -0.3 is 10.4 Å². The van der Waals surface area contributed by atoms with E-state index in [1.165, 1.54) is 12.8 Å². The zero-order valence-electron chi connectivity index (χ0n) is 14.0. The Morgan fingerprint density at radius 3 is 2.29 bits per heavy atom. The Balaban J connectivity index is 2.13. The van der Waals surface area contributed by atoms with Gasteiger partial charge in [0.1, 0.15) is 0 Å². The second-order valence-corrected chi connectivity index (χ2v) is 6.63. The minimum Gasteiger partial charge on any atom is -0.395 e. The molecule has 0 radical (unpaired) electrons. The number of nitrogens with zero attached hydrogens (tertiary/aromatic N) is 2. The minimum atomic E-state index is 0.141. The summed E-state index contributed by atoms with van der Waals surface area (Å²) < 4.78 is 0. The number of hydrogen-bond acceptors (Lipinski definition) is 4. The highest BCUT2D eigenvalue weighted by molar-refractivity contribution is 5.78. The van der Waals surface area contributed by atoms with E-state index in [-0.39, 0.29) is 18.6 Å². The first-order chi connectivity index (χ1) is 10.0. The Morgan fingerprint density at radius 1 is 1.10 bits per heavy atom. The van der Waals surface area contributed by atoms with E-state index in [0.29, 0.717) is 6.54 Å². The van der Waals surface area contributed by atoms with Crippen molar-refractivity contribution >= 4 is 5.91 Å². The molecular formula is C16H33N3O2. The molecule has 1 atom stereocenters. The zero-order valence-corrected chi connectivity index (χ0v) is 14.0. The molecule has 1 unspecified atom stereocenters. The second kappa shape index (κ2) is 10.1. The summed E-state index contributed by atoms with van der Waals surface area (Å²) in [6, 6.07) is 0.270. The molecule has 0 saturated carbocycles.